The van der Waals surface area contributed by atoms with Crippen molar-refractivity contribution >= 4 is 23.2 Å². The molecule has 0 fully saturated rings. The summed E-state index contributed by atoms with van der Waals surface area (Å²) in [6.07, 6.45) is 1.30. The van der Waals surface area contributed by atoms with E-state index in [4.69, 9.17) is 11.6 Å². The number of aromatic nitrogens is 1. The van der Waals surface area contributed by atoms with E-state index in [0.717, 1.165) is 0 Å². The van der Waals surface area contributed by atoms with Crippen LogP contribution in [0.3, 0.4) is 0 Å². The lowest BCUT2D eigenvalue weighted by molar-refractivity contribution is -0.385. The Hall–Kier alpha value is -1.69. The first-order valence-corrected chi connectivity index (χ1v) is 6.34. The van der Waals surface area contributed by atoms with Gasteiger partial charge in [0.2, 0.25) is 5.15 Å². The molecule has 1 heterocycles. The van der Waals surface area contributed by atoms with Crippen LogP contribution in [0.4, 0.5) is 5.69 Å². The molecule has 0 saturated heterocycles. The number of pyridine rings is 1. The number of nitro groups is 1. The van der Waals surface area contributed by atoms with Crippen molar-refractivity contribution in [3.05, 3.63) is 33.1 Å². The molecule has 0 aliphatic rings. The number of amides is 1. The average Bonchev–Trinajstić information content (AvgIpc) is 2.34. The third-order valence-corrected chi connectivity index (χ3v) is 2.82. The molecule has 0 aliphatic carbocycles. The highest BCUT2D eigenvalue weighted by Crippen LogP contribution is 2.27. The van der Waals surface area contributed by atoms with Crippen LogP contribution in [0, 0.1) is 16.0 Å². The zero-order chi connectivity index (χ0) is 14.6. The number of hydrogen-bond donors (Lipinski definition) is 0. The van der Waals surface area contributed by atoms with Crippen LogP contribution < -0.4 is 0 Å². The fraction of sp³-hybridized carbons (Fsp3) is 0.500. The minimum absolute atomic E-state index is 0.0208. The van der Waals surface area contributed by atoms with Crippen molar-refractivity contribution in [3.63, 3.8) is 0 Å². The Morgan fingerprint density at radius 2 is 2.21 bits per heavy atom. The first-order valence-electron chi connectivity index (χ1n) is 5.96. The Kier molecular flexibility index (Phi) is 5.23. The van der Waals surface area contributed by atoms with E-state index < -0.39 is 16.5 Å². The number of rotatable bonds is 5. The third-order valence-electron chi connectivity index (χ3n) is 2.55. The van der Waals surface area contributed by atoms with Crippen molar-refractivity contribution in [2.24, 2.45) is 5.92 Å². The van der Waals surface area contributed by atoms with Gasteiger partial charge in [-0.2, -0.15) is 0 Å². The monoisotopic (exact) mass is 285 g/mol. The molecule has 0 atom stereocenters. The van der Waals surface area contributed by atoms with Crippen molar-refractivity contribution in [2.75, 3.05) is 13.1 Å². The smallest absolute Gasteiger partial charge is 0.319 e. The summed E-state index contributed by atoms with van der Waals surface area (Å²) >= 11 is 5.70. The summed E-state index contributed by atoms with van der Waals surface area (Å²) in [6.45, 7) is 6.79. The van der Waals surface area contributed by atoms with Crippen molar-refractivity contribution in [1.29, 1.82) is 0 Å². The van der Waals surface area contributed by atoms with Gasteiger partial charge in [0, 0.05) is 19.3 Å². The molecule has 0 N–H and O–H groups in total. The van der Waals surface area contributed by atoms with E-state index in [0.29, 0.717) is 13.1 Å². The summed E-state index contributed by atoms with van der Waals surface area (Å²) in [4.78, 5) is 27.8. The number of carbonyl (C=O) groups excluding carboxylic acids is 1. The molecule has 104 valence electrons. The van der Waals surface area contributed by atoms with Crippen molar-refractivity contribution in [1.82, 2.24) is 9.88 Å². The van der Waals surface area contributed by atoms with Crippen molar-refractivity contribution < 1.29 is 9.72 Å². The fourth-order valence-electron chi connectivity index (χ4n) is 1.74. The quantitative estimate of drug-likeness (QED) is 0.473. The highest BCUT2D eigenvalue weighted by molar-refractivity contribution is 6.32. The SMILES string of the molecule is CCN(CC(C)C)C(=O)c1ccnc(Cl)c1[N+](=O)[O-]. The van der Waals surface area contributed by atoms with Gasteiger partial charge in [0.05, 0.1) is 4.92 Å². The van der Waals surface area contributed by atoms with Crippen LogP contribution in [0.2, 0.25) is 5.15 Å². The van der Waals surface area contributed by atoms with Crippen molar-refractivity contribution in [2.45, 2.75) is 20.8 Å². The van der Waals surface area contributed by atoms with Gasteiger partial charge in [-0.05, 0) is 18.9 Å². The van der Waals surface area contributed by atoms with Gasteiger partial charge in [0.1, 0.15) is 5.56 Å². The summed E-state index contributed by atoms with van der Waals surface area (Å²) in [6, 6.07) is 1.33. The molecule has 0 unspecified atom stereocenters. The average molecular weight is 286 g/mol. The minimum atomic E-state index is -0.675. The van der Waals surface area contributed by atoms with Gasteiger partial charge in [-0.3, -0.25) is 14.9 Å². The van der Waals surface area contributed by atoms with E-state index in [2.05, 4.69) is 4.98 Å². The highest BCUT2D eigenvalue weighted by atomic mass is 35.5. The van der Waals surface area contributed by atoms with E-state index in [9.17, 15) is 14.9 Å². The minimum Gasteiger partial charge on any atom is -0.338 e. The maximum Gasteiger partial charge on any atom is 0.319 e. The van der Waals surface area contributed by atoms with Crippen LogP contribution in [-0.2, 0) is 0 Å². The molecular formula is C12H16ClN3O3. The molecule has 0 aliphatic heterocycles. The standard InChI is InChI=1S/C12H16ClN3O3/c1-4-15(7-8(2)3)12(17)9-5-6-14-11(13)10(9)16(18)19/h5-6,8H,4,7H2,1-3H3. The molecule has 0 saturated carbocycles. The molecule has 1 rings (SSSR count). The second kappa shape index (κ2) is 6.47. The van der Waals surface area contributed by atoms with Crippen LogP contribution in [0.5, 0.6) is 0 Å². The summed E-state index contributed by atoms with van der Waals surface area (Å²) in [5.41, 5.74) is -0.455. The van der Waals surface area contributed by atoms with Crippen LogP contribution in [0.15, 0.2) is 12.3 Å². The number of carbonyl (C=O) groups is 1. The molecule has 0 spiro atoms. The van der Waals surface area contributed by atoms with Gasteiger partial charge in [-0.1, -0.05) is 25.4 Å². The van der Waals surface area contributed by atoms with Crippen LogP contribution >= 0.6 is 11.6 Å². The topological polar surface area (TPSA) is 76.3 Å². The molecule has 1 aromatic heterocycles. The van der Waals surface area contributed by atoms with E-state index in [1.54, 1.807) is 4.90 Å². The second-order valence-electron chi connectivity index (χ2n) is 4.49. The first-order chi connectivity index (χ1) is 8.88. The van der Waals surface area contributed by atoms with Gasteiger partial charge < -0.3 is 4.90 Å². The Labute approximate surface area is 116 Å². The largest absolute Gasteiger partial charge is 0.338 e. The van der Waals surface area contributed by atoms with E-state index in [1.165, 1.54) is 12.3 Å². The van der Waals surface area contributed by atoms with Gasteiger partial charge in [-0.15, -0.1) is 0 Å². The second-order valence-corrected chi connectivity index (χ2v) is 4.85. The zero-order valence-corrected chi connectivity index (χ0v) is 11.8. The Morgan fingerprint density at radius 3 is 2.68 bits per heavy atom. The normalized spacial score (nSPS) is 10.6. The molecule has 0 radical (unpaired) electrons. The van der Waals surface area contributed by atoms with Crippen LogP contribution in [0.1, 0.15) is 31.1 Å². The summed E-state index contributed by atoms with van der Waals surface area (Å²) < 4.78 is 0. The summed E-state index contributed by atoms with van der Waals surface area (Å²) in [7, 11) is 0. The maximum atomic E-state index is 12.3. The van der Waals surface area contributed by atoms with Gasteiger partial charge in [0.15, 0.2) is 0 Å². The first kappa shape index (κ1) is 15.4. The Bertz CT molecular complexity index is 491. The lowest BCUT2D eigenvalue weighted by atomic mass is 10.1. The Balaban J connectivity index is 3.18. The van der Waals surface area contributed by atoms with Gasteiger partial charge >= 0.3 is 5.69 Å². The lowest BCUT2D eigenvalue weighted by Crippen LogP contribution is -2.34. The molecule has 1 aromatic rings. The van der Waals surface area contributed by atoms with E-state index in [1.807, 2.05) is 20.8 Å². The van der Waals surface area contributed by atoms with Crippen molar-refractivity contribution in [3.8, 4) is 0 Å². The molecule has 7 heteroatoms. The number of nitrogens with zero attached hydrogens (tertiary/aromatic N) is 3. The molecular weight excluding hydrogens is 270 g/mol. The molecule has 0 aromatic carbocycles. The van der Waals surface area contributed by atoms with E-state index >= 15 is 0 Å². The molecule has 19 heavy (non-hydrogen) atoms. The fourth-order valence-corrected chi connectivity index (χ4v) is 1.97. The van der Waals surface area contributed by atoms with Gasteiger partial charge in [-0.25, -0.2) is 4.98 Å². The summed E-state index contributed by atoms with van der Waals surface area (Å²) in [5.74, 6) is -0.118. The third kappa shape index (κ3) is 3.64. The lowest BCUT2D eigenvalue weighted by Gasteiger charge is -2.22. The molecule has 6 nitrogen and oxygen atoms in total. The highest BCUT2D eigenvalue weighted by Gasteiger charge is 2.27. The molecule has 0 bridgehead atoms. The predicted molar refractivity (Wildman–Crippen MR) is 72.3 cm³/mol. The number of halogens is 1. The predicted octanol–water partition coefficient (Wildman–Crippen LogP) is 2.76. The maximum absolute atomic E-state index is 12.3. The van der Waals surface area contributed by atoms with Crippen LogP contribution in [-0.4, -0.2) is 33.8 Å². The number of hydrogen-bond acceptors (Lipinski definition) is 4. The zero-order valence-electron chi connectivity index (χ0n) is 11.1. The summed E-state index contributed by atoms with van der Waals surface area (Å²) in [5, 5.41) is 10.7. The van der Waals surface area contributed by atoms with Crippen LogP contribution in [0.25, 0.3) is 0 Å². The van der Waals surface area contributed by atoms with Gasteiger partial charge in [0.25, 0.3) is 5.91 Å². The van der Waals surface area contributed by atoms with E-state index in [-0.39, 0.29) is 16.6 Å². The molecule has 1 amide bonds. The Morgan fingerprint density at radius 1 is 1.58 bits per heavy atom.